The molecule has 2 amide bonds. The minimum absolute atomic E-state index is 0.00229. The highest BCUT2D eigenvalue weighted by atomic mass is 32.2. The maximum absolute atomic E-state index is 14.2. The summed E-state index contributed by atoms with van der Waals surface area (Å²) >= 11 is 0. The van der Waals surface area contributed by atoms with Gasteiger partial charge >= 0.3 is 0 Å². The first-order chi connectivity index (χ1) is 20.1. The summed E-state index contributed by atoms with van der Waals surface area (Å²) in [5.41, 5.74) is 4.00. The molecule has 0 unspecified atom stereocenters. The average molecular weight is 591 g/mol. The van der Waals surface area contributed by atoms with Gasteiger partial charge in [-0.3, -0.25) is 9.59 Å². The molecule has 220 valence electrons. The average Bonchev–Trinajstić information content (AvgIpc) is 3.45. The Bertz CT molecular complexity index is 1710. The Labute approximate surface area is 245 Å². The van der Waals surface area contributed by atoms with E-state index in [0.717, 1.165) is 49.7 Å². The number of anilines is 1. The van der Waals surface area contributed by atoms with E-state index in [0.29, 0.717) is 28.1 Å². The number of carbonyl (C=O) groups excluding carboxylic acids is 2. The van der Waals surface area contributed by atoms with Gasteiger partial charge in [-0.15, -0.1) is 0 Å². The molecule has 2 fully saturated rings. The molecule has 0 bridgehead atoms. The maximum Gasteiger partial charge on any atom is 0.256 e. The van der Waals surface area contributed by atoms with Crippen LogP contribution in [0.1, 0.15) is 64.1 Å². The van der Waals surface area contributed by atoms with Crippen LogP contribution in [0.3, 0.4) is 0 Å². The lowest BCUT2D eigenvalue weighted by Gasteiger charge is -2.25. The Kier molecular flexibility index (Phi) is 7.53. The van der Waals surface area contributed by atoms with Crippen LogP contribution in [0.15, 0.2) is 47.4 Å². The zero-order valence-electron chi connectivity index (χ0n) is 23.8. The second-order valence-corrected chi connectivity index (χ2v) is 13.6. The van der Waals surface area contributed by atoms with E-state index < -0.39 is 21.4 Å². The third-order valence-electron chi connectivity index (χ3n) is 8.56. The first-order valence-corrected chi connectivity index (χ1v) is 16.1. The van der Waals surface area contributed by atoms with E-state index in [4.69, 9.17) is 0 Å². The van der Waals surface area contributed by atoms with Crippen molar-refractivity contribution >= 4 is 39.0 Å². The van der Waals surface area contributed by atoms with Crippen LogP contribution in [-0.4, -0.2) is 55.8 Å². The number of amides is 2. The van der Waals surface area contributed by atoms with Gasteiger partial charge in [0.05, 0.1) is 21.8 Å². The molecule has 0 radical (unpaired) electrons. The number of aromatic nitrogens is 1. The van der Waals surface area contributed by atoms with E-state index >= 15 is 0 Å². The summed E-state index contributed by atoms with van der Waals surface area (Å²) in [6.07, 6.45) is 6.19. The number of nitrogens with one attached hydrogen (secondary N) is 3. The molecule has 1 aliphatic carbocycles. The molecule has 1 saturated heterocycles. The van der Waals surface area contributed by atoms with Crippen molar-refractivity contribution in [1.82, 2.24) is 15.2 Å². The van der Waals surface area contributed by atoms with Gasteiger partial charge in [-0.25, -0.2) is 12.8 Å². The number of benzene rings is 2. The number of nitrogens with zero attached hydrogens (tertiary/aromatic N) is 1. The Morgan fingerprint density at radius 2 is 1.90 bits per heavy atom. The number of halogens is 1. The van der Waals surface area contributed by atoms with Crippen LogP contribution in [0, 0.1) is 25.6 Å². The summed E-state index contributed by atoms with van der Waals surface area (Å²) in [4.78, 5) is 32.0. The van der Waals surface area contributed by atoms with E-state index in [1.54, 1.807) is 18.2 Å². The van der Waals surface area contributed by atoms with Crippen LogP contribution in [-0.2, 0) is 20.4 Å². The van der Waals surface area contributed by atoms with Gasteiger partial charge in [0.2, 0.25) is 0 Å². The number of aryl methyl sites for hydroxylation is 1. The molecule has 1 atom stereocenters. The van der Waals surface area contributed by atoms with Gasteiger partial charge in [0.15, 0.2) is 9.84 Å². The third-order valence-corrected chi connectivity index (χ3v) is 10.2. The van der Waals surface area contributed by atoms with Crippen molar-refractivity contribution in [1.29, 1.82) is 0 Å². The standard InChI is InChI=1S/C32H35FN4O4S/c1-19-29(35-20(2)30(19)32(39)37-13-5-7-23(37)17-34-16-21-9-10-21)15-26-25-14-24(11-12-28(25)36-31(26)38)42(40,41)18-22-6-3-4-8-27(22)33/h3-4,6,8,11-12,14-15,21,23,34-35H,5,7,9-10,13,16-18H2,1-2H3,(H,36,38)/b26-15-/t23-/m1/s1. The Morgan fingerprint density at radius 1 is 1.12 bits per heavy atom. The molecule has 1 aromatic heterocycles. The molecule has 1 saturated carbocycles. The van der Waals surface area contributed by atoms with Gasteiger partial charge in [-0.05, 0) is 87.9 Å². The molecule has 10 heteroatoms. The number of hydrogen-bond acceptors (Lipinski definition) is 5. The number of hydrogen-bond donors (Lipinski definition) is 3. The minimum Gasteiger partial charge on any atom is -0.358 e. The van der Waals surface area contributed by atoms with Crippen molar-refractivity contribution < 1.29 is 22.4 Å². The quantitative estimate of drug-likeness (QED) is 0.309. The molecule has 3 N–H and O–H groups in total. The highest BCUT2D eigenvalue weighted by molar-refractivity contribution is 7.90. The van der Waals surface area contributed by atoms with E-state index in [2.05, 4.69) is 15.6 Å². The van der Waals surface area contributed by atoms with Crippen molar-refractivity contribution in [2.75, 3.05) is 25.0 Å². The fraction of sp³-hybridized carbons (Fsp3) is 0.375. The van der Waals surface area contributed by atoms with Crippen LogP contribution in [0.5, 0.6) is 0 Å². The summed E-state index contributed by atoms with van der Waals surface area (Å²) in [6.45, 7) is 6.24. The SMILES string of the molecule is Cc1[nH]c(/C=C2\C(=O)Nc3ccc(S(=O)(=O)Cc4ccccc4F)cc32)c(C)c1C(=O)N1CCC[C@@H]1CNCC1CC1. The molecule has 8 nitrogen and oxygen atoms in total. The molecule has 42 heavy (non-hydrogen) atoms. The zero-order chi connectivity index (χ0) is 29.6. The number of likely N-dealkylation sites (tertiary alicyclic amines) is 1. The number of carbonyl (C=O) groups is 2. The summed E-state index contributed by atoms with van der Waals surface area (Å²) in [7, 11) is -3.89. The van der Waals surface area contributed by atoms with Crippen molar-refractivity contribution in [3.63, 3.8) is 0 Å². The topological polar surface area (TPSA) is 111 Å². The fourth-order valence-electron chi connectivity index (χ4n) is 6.03. The highest BCUT2D eigenvalue weighted by Crippen LogP contribution is 2.36. The molecule has 2 aromatic carbocycles. The second-order valence-electron chi connectivity index (χ2n) is 11.6. The minimum atomic E-state index is -3.89. The molecule has 6 rings (SSSR count). The molecule has 2 aliphatic heterocycles. The second kappa shape index (κ2) is 11.1. The first-order valence-electron chi connectivity index (χ1n) is 14.5. The number of rotatable bonds is 9. The number of H-pyrrole nitrogens is 1. The molecule has 3 heterocycles. The van der Waals surface area contributed by atoms with Crippen molar-refractivity contribution in [3.8, 4) is 0 Å². The Morgan fingerprint density at radius 3 is 2.67 bits per heavy atom. The smallest absolute Gasteiger partial charge is 0.256 e. The fourth-order valence-corrected chi connectivity index (χ4v) is 7.41. The monoisotopic (exact) mass is 590 g/mol. The highest BCUT2D eigenvalue weighted by Gasteiger charge is 2.33. The summed E-state index contributed by atoms with van der Waals surface area (Å²) in [5.74, 6) is -0.681. The molecular formula is C32H35FN4O4S. The van der Waals surface area contributed by atoms with Crippen LogP contribution in [0.4, 0.5) is 10.1 Å². The predicted octanol–water partition coefficient (Wildman–Crippen LogP) is 4.84. The lowest BCUT2D eigenvalue weighted by molar-refractivity contribution is -0.110. The maximum atomic E-state index is 14.2. The number of fused-ring (bicyclic) bond motifs is 1. The van der Waals surface area contributed by atoms with Gasteiger partial charge in [-0.1, -0.05) is 18.2 Å². The third kappa shape index (κ3) is 5.53. The van der Waals surface area contributed by atoms with E-state index in [9.17, 15) is 22.4 Å². The van der Waals surface area contributed by atoms with Crippen LogP contribution in [0.2, 0.25) is 0 Å². The number of sulfone groups is 1. The predicted molar refractivity (Wildman–Crippen MR) is 160 cm³/mol. The van der Waals surface area contributed by atoms with Crippen LogP contribution >= 0.6 is 0 Å². The Balaban J connectivity index is 1.27. The summed E-state index contributed by atoms with van der Waals surface area (Å²) in [5, 5.41) is 6.33. The lowest BCUT2D eigenvalue weighted by Crippen LogP contribution is -2.42. The van der Waals surface area contributed by atoms with Gasteiger partial charge in [0.25, 0.3) is 11.8 Å². The van der Waals surface area contributed by atoms with E-state index in [-0.39, 0.29) is 28.3 Å². The molecular weight excluding hydrogens is 555 g/mol. The van der Waals surface area contributed by atoms with Gasteiger partial charge < -0.3 is 20.5 Å². The van der Waals surface area contributed by atoms with Gasteiger partial charge in [0.1, 0.15) is 5.82 Å². The normalized spacial score (nSPS) is 19.4. The largest absolute Gasteiger partial charge is 0.358 e. The summed E-state index contributed by atoms with van der Waals surface area (Å²) in [6, 6.07) is 10.4. The lowest BCUT2D eigenvalue weighted by atomic mass is 10.0. The van der Waals surface area contributed by atoms with Crippen LogP contribution in [0.25, 0.3) is 11.6 Å². The molecule has 3 aromatic rings. The summed E-state index contributed by atoms with van der Waals surface area (Å²) < 4.78 is 40.6. The molecule has 0 spiro atoms. The van der Waals surface area contributed by atoms with Gasteiger partial charge in [0, 0.05) is 47.3 Å². The van der Waals surface area contributed by atoms with Gasteiger partial charge in [-0.2, -0.15) is 0 Å². The Hall–Kier alpha value is -3.76. The van der Waals surface area contributed by atoms with E-state index in [1.165, 1.54) is 43.2 Å². The van der Waals surface area contributed by atoms with Crippen molar-refractivity contribution in [2.45, 2.75) is 56.2 Å². The first kappa shape index (κ1) is 28.4. The zero-order valence-corrected chi connectivity index (χ0v) is 24.6. The molecule has 3 aliphatic rings. The van der Waals surface area contributed by atoms with E-state index in [1.807, 2.05) is 18.7 Å². The van der Waals surface area contributed by atoms with Crippen molar-refractivity contribution in [2.24, 2.45) is 5.92 Å². The van der Waals surface area contributed by atoms with Crippen LogP contribution < -0.4 is 10.6 Å². The van der Waals surface area contributed by atoms with Crippen molar-refractivity contribution in [3.05, 3.63) is 81.9 Å². The number of aromatic amines is 1.